The van der Waals surface area contributed by atoms with Crippen molar-refractivity contribution in [2.75, 3.05) is 14.2 Å². The molecule has 0 saturated heterocycles. The van der Waals surface area contributed by atoms with Gasteiger partial charge in [-0.2, -0.15) is 0 Å². The van der Waals surface area contributed by atoms with E-state index < -0.39 is 0 Å². The number of methoxy groups -OCH3 is 2. The van der Waals surface area contributed by atoms with Gasteiger partial charge in [0.15, 0.2) is 0 Å². The zero-order valence-electron chi connectivity index (χ0n) is 24.7. The van der Waals surface area contributed by atoms with Crippen molar-refractivity contribution in [3.63, 3.8) is 0 Å². The van der Waals surface area contributed by atoms with Crippen molar-refractivity contribution in [3.05, 3.63) is 47.6 Å². The van der Waals surface area contributed by atoms with Crippen LogP contribution in [0.1, 0.15) is 92.9 Å². The van der Waals surface area contributed by atoms with Crippen molar-refractivity contribution in [1.82, 2.24) is 0 Å². The summed E-state index contributed by atoms with van der Waals surface area (Å²) in [4.78, 5) is 25.3. The van der Waals surface area contributed by atoms with Crippen molar-refractivity contribution in [3.8, 4) is 0 Å². The maximum absolute atomic E-state index is 13.1. The van der Waals surface area contributed by atoms with Gasteiger partial charge >= 0.3 is 11.9 Å². The smallest absolute Gasteiger partial charge is 0.308 e. The lowest BCUT2D eigenvalue weighted by atomic mass is 9.48. The van der Waals surface area contributed by atoms with E-state index in [0.29, 0.717) is 18.3 Å². The molecular weight excluding hydrogens is 460 g/mol. The van der Waals surface area contributed by atoms with Crippen LogP contribution in [0.3, 0.4) is 0 Å². The summed E-state index contributed by atoms with van der Waals surface area (Å²) in [5.74, 6) is 0.602. The number of esters is 2. The van der Waals surface area contributed by atoms with Gasteiger partial charge in [0.2, 0.25) is 0 Å². The minimum Gasteiger partial charge on any atom is -0.469 e. The zero-order chi connectivity index (χ0) is 27.8. The van der Waals surface area contributed by atoms with Crippen LogP contribution in [-0.2, 0) is 19.1 Å². The average Bonchev–Trinajstić information content (AvgIpc) is 3.13. The summed E-state index contributed by atoms with van der Waals surface area (Å²) in [6.45, 7) is 22.2. The second-order valence-corrected chi connectivity index (χ2v) is 12.9. The van der Waals surface area contributed by atoms with Gasteiger partial charge in [0, 0.05) is 6.42 Å². The first-order chi connectivity index (χ1) is 17.3. The Labute approximate surface area is 225 Å². The molecule has 0 radical (unpaired) electrons. The van der Waals surface area contributed by atoms with Gasteiger partial charge in [0.05, 0.1) is 20.1 Å². The Hall–Kier alpha value is -2.10. The largest absolute Gasteiger partial charge is 0.469 e. The third-order valence-corrected chi connectivity index (χ3v) is 10.8. The molecule has 0 N–H and O–H groups in total. The number of fused-ring (bicyclic) bond motifs is 3. The number of carbonyl (C=O) groups excluding carboxylic acids is 2. The fourth-order valence-electron chi connectivity index (χ4n) is 7.98. The van der Waals surface area contributed by atoms with Crippen molar-refractivity contribution < 1.29 is 19.1 Å². The lowest BCUT2D eigenvalue weighted by Crippen LogP contribution is -2.48. The number of hydrogen-bond donors (Lipinski definition) is 0. The highest BCUT2D eigenvalue weighted by atomic mass is 16.5. The number of hydrogen-bond acceptors (Lipinski definition) is 4. The van der Waals surface area contributed by atoms with E-state index in [1.54, 1.807) is 0 Å². The number of allylic oxidation sites excluding steroid dienone is 6. The summed E-state index contributed by atoms with van der Waals surface area (Å²) in [5.41, 5.74) is 4.96. The monoisotopic (exact) mass is 510 g/mol. The SMILES string of the molecule is C=C(CC[C@@H](C(=O)OC)[C@H]1CC[C@@]2(C)C3=CC[C@@H](C(=C)C)[C@](C)(CCC(=O)OC)C3=CC[C@]12C)C(C)C. The Kier molecular flexibility index (Phi) is 8.71. The lowest BCUT2D eigenvalue weighted by molar-refractivity contribution is -0.150. The molecule has 3 aliphatic carbocycles. The molecule has 0 bridgehead atoms. The summed E-state index contributed by atoms with van der Waals surface area (Å²) in [7, 11) is 2.99. The van der Waals surface area contributed by atoms with Gasteiger partial charge in [-0.15, -0.1) is 0 Å². The van der Waals surface area contributed by atoms with Crippen molar-refractivity contribution in [2.24, 2.45) is 39.9 Å². The third kappa shape index (κ3) is 5.02. The second kappa shape index (κ2) is 10.9. The van der Waals surface area contributed by atoms with E-state index in [2.05, 4.69) is 66.9 Å². The number of rotatable bonds is 10. The molecule has 206 valence electrons. The van der Waals surface area contributed by atoms with Crippen LogP contribution < -0.4 is 0 Å². The average molecular weight is 511 g/mol. The van der Waals surface area contributed by atoms with E-state index in [1.807, 2.05) is 0 Å². The molecule has 0 heterocycles. The summed E-state index contributed by atoms with van der Waals surface area (Å²) >= 11 is 0. The molecule has 0 aliphatic heterocycles. The van der Waals surface area contributed by atoms with E-state index in [4.69, 9.17) is 9.47 Å². The molecule has 4 nitrogen and oxygen atoms in total. The van der Waals surface area contributed by atoms with E-state index in [-0.39, 0.29) is 40.0 Å². The summed E-state index contributed by atoms with van der Waals surface area (Å²) in [6.07, 6.45) is 11.6. The van der Waals surface area contributed by atoms with Crippen molar-refractivity contribution >= 4 is 11.9 Å². The molecule has 37 heavy (non-hydrogen) atoms. The molecule has 1 fully saturated rings. The van der Waals surface area contributed by atoms with Gasteiger partial charge in [0.25, 0.3) is 0 Å². The van der Waals surface area contributed by atoms with Crippen molar-refractivity contribution in [1.29, 1.82) is 0 Å². The number of ether oxygens (including phenoxy) is 2. The van der Waals surface area contributed by atoms with Gasteiger partial charge in [-0.3, -0.25) is 9.59 Å². The maximum atomic E-state index is 13.1. The second-order valence-electron chi connectivity index (χ2n) is 12.9. The minimum atomic E-state index is -0.163. The first-order valence-corrected chi connectivity index (χ1v) is 14.2. The molecule has 3 aliphatic rings. The summed E-state index contributed by atoms with van der Waals surface area (Å²) < 4.78 is 10.4. The van der Waals surface area contributed by atoms with Gasteiger partial charge in [0.1, 0.15) is 0 Å². The minimum absolute atomic E-state index is 0.0321. The molecule has 0 aromatic carbocycles. The van der Waals surface area contributed by atoms with E-state index >= 15 is 0 Å². The van der Waals surface area contributed by atoms with Crippen LogP contribution >= 0.6 is 0 Å². The molecule has 1 saturated carbocycles. The fraction of sp³-hybridized carbons (Fsp3) is 0.697. The van der Waals surface area contributed by atoms with Crippen LogP contribution in [0.4, 0.5) is 0 Å². The molecule has 6 atom stereocenters. The maximum Gasteiger partial charge on any atom is 0.308 e. The standard InChI is InChI=1S/C33H50O4/c1-21(2)23(5)11-12-24(30(35)37-10)26-15-19-33(8)28-14-13-25(22(3)4)31(6,18-17-29(34)36-9)27(28)16-20-32(26,33)7/h14,16,21,24-26H,3,5,11-13,15,17-20H2,1-2,4,6-10H3/t24-,25+,26-,31+,32-,33+/m1/s1. The third-order valence-electron chi connectivity index (χ3n) is 10.8. The van der Waals surface area contributed by atoms with Crippen LogP contribution in [0.5, 0.6) is 0 Å². The van der Waals surface area contributed by atoms with Gasteiger partial charge < -0.3 is 9.47 Å². The zero-order valence-corrected chi connectivity index (χ0v) is 24.7. The highest BCUT2D eigenvalue weighted by Crippen LogP contribution is 2.70. The Bertz CT molecular complexity index is 1000. The Morgan fingerprint density at radius 3 is 2.30 bits per heavy atom. The summed E-state index contributed by atoms with van der Waals surface area (Å²) in [6, 6.07) is 0. The van der Waals surface area contributed by atoms with Crippen molar-refractivity contribution in [2.45, 2.75) is 92.9 Å². The Morgan fingerprint density at radius 1 is 1.05 bits per heavy atom. The molecule has 4 heteroatoms. The molecule has 0 unspecified atom stereocenters. The van der Waals surface area contributed by atoms with Crippen LogP contribution in [0.15, 0.2) is 47.6 Å². The summed E-state index contributed by atoms with van der Waals surface area (Å²) in [5, 5.41) is 0. The Morgan fingerprint density at radius 2 is 1.73 bits per heavy atom. The first-order valence-electron chi connectivity index (χ1n) is 14.2. The topological polar surface area (TPSA) is 52.6 Å². The molecule has 0 spiro atoms. The number of carbonyl (C=O) groups is 2. The van der Waals surface area contributed by atoms with Gasteiger partial charge in [-0.05, 0) is 97.0 Å². The fourth-order valence-corrected chi connectivity index (χ4v) is 7.98. The first kappa shape index (κ1) is 29.5. The molecule has 0 aromatic rings. The van der Waals surface area contributed by atoms with Crippen LogP contribution in [0, 0.1) is 39.9 Å². The molecule has 3 rings (SSSR count). The highest BCUT2D eigenvalue weighted by molar-refractivity contribution is 5.73. The van der Waals surface area contributed by atoms with E-state index in [0.717, 1.165) is 44.9 Å². The van der Waals surface area contributed by atoms with Gasteiger partial charge in [-0.25, -0.2) is 0 Å². The molecular formula is C33H50O4. The predicted octanol–water partition coefficient (Wildman–Crippen LogP) is 8.00. The quantitative estimate of drug-likeness (QED) is 0.221. The van der Waals surface area contributed by atoms with E-state index in [1.165, 1.54) is 36.5 Å². The normalized spacial score (nSPS) is 33.5. The van der Waals surface area contributed by atoms with Gasteiger partial charge in [-0.1, -0.05) is 71.1 Å². The van der Waals surface area contributed by atoms with Crippen LogP contribution in [0.2, 0.25) is 0 Å². The highest BCUT2D eigenvalue weighted by Gasteiger charge is 2.62. The van der Waals surface area contributed by atoms with Crippen LogP contribution in [-0.4, -0.2) is 26.2 Å². The predicted molar refractivity (Wildman–Crippen MR) is 151 cm³/mol. The van der Waals surface area contributed by atoms with E-state index in [9.17, 15) is 9.59 Å². The van der Waals surface area contributed by atoms with Crippen LogP contribution in [0.25, 0.3) is 0 Å². The molecule has 0 amide bonds. The Balaban J connectivity index is 2.01. The lowest BCUT2D eigenvalue weighted by Gasteiger charge is -2.56. The molecule has 0 aromatic heterocycles.